The summed E-state index contributed by atoms with van der Waals surface area (Å²) in [5.41, 5.74) is 3.81. The maximum Gasteiger partial charge on any atom is 0.262 e. The third-order valence-corrected chi connectivity index (χ3v) is 5.40. The lowest BCUT2D eigenvalue weighted by Crippen LogP contribution is -2.20. The van der Waals surface area contributed by atoms with Crippen LogP contribution < -0.4 is 20.1 Å². The second kappa shape index (κ2) is 11.6. The smallest absolute Gasteiger partial charge is 0.262 e. The highest BCUT2D eigenvalue weighted by molar-refractivity contribution is 9.10. The number of amides is 1. The monoisotopic (exact) mass is 500 g/mol. The Morgan fingerprint density at radius 1 is 0.969 bits per heavy atom. The van der Waals surface area contributed by atoms with Crippen LogP contribution in [-0.2, 0) is 17.9 Å². The van der Waals surface area contributed by atoms with Crippen LogP contribution in [-0.4, -0.2) is 19.1 Å². The maximum atomic E-state index is 13.0. The Balaban J connectivity index is 1.60. The second-order valence-corrected chi connectivity index (χ2v) is 8.11. The zero-order valence-electron chi connectivity index (χ0n) is 18.1. The summed E-state index contributed by atoms with van der Waals surface area (Å²) in [5.74, 6) is 0.552. The number of hydrogen-bond donors (Lipinski definition) is 2. The Bertz CT molecular complexity index is 1040. The molecule has 0 fully saturated rings. The van der Waals surface area contributed by atoms with Gasteiger partial charge in [-0.05, 0) is 61.4 Å². The zero-order chi connectivity index (χ0) is 22.9. The van der Waals surface area contributed by atoms with Crippen LogP contribution in [0.4, 0.5) is 10.1 Å². The molecule has 0 aromatic heterocycles. The van der Waals surface area contributed by atoms with Crippen molar-refractivity contribution < 1.29 is 18.7 Å². The number of ether oxygens (including phenoxy) is 2. The average Bonchev–Trinajstić information content (AvgIpc) is 2.77. The Hall–Kier alpha value is -2.90. The van der Waals surface area contributed by atoms with Gasteiger partial charge < -0.3 is 20.1 Å². The normalized spacial score (nSPS) is 10.6. The molecule has 0 radical (unpaired) electrons. The molecule has 3 aromatic rings. The van der Waals surface area contributed by atoms with Gasteiger partial charge in [0.1, 0.15) is 5.82 Å². The van der Waals surface area contributed by atoms with E-state index in [0.29, 0.717) is 31.2 Å². The molecule has 5 nitrogen and oxygen atoms in total. The van der Waals surface area contributed by atoms with Crippen LogP contribution >= 0.6 is 15.9 Å². The third-order valence-electron chi connectivity index (χ3n) is 4.66. The van der Waals surface area contributed by atoms with Crippen molar-refractivity contribution in [3.63, 3.8) is 0 Å². The summed E-state index contributed by atoms with van der Waals surface area (Å²) in [4.78, 5) is 12.3. The first-order valence-electron chi connectivity index (χ1n) is 10.3. The largest absolute Gasteiger partial charge is 0.490 e. The van der Waals surface area contributed by atoms with Gasteiger partial charge in [0.05, 0.1) is 6.61 Å². The molecule has 3 aromatic carbocycles. The molecule has 7 heteroatoms. The first-order chi connectivity index (χ1) is 15.4. The molecule has 0 saturated heterocycles. The van der Waals surface area contributed by atoms with Gasteiger partial charge in [-0.2, -0.15) is 0 Å². The van der Waals surface area contributed by atoms with E-state index < -0.39 is 0 Å². The van der Waals surface area contributed by atoms with E-state index in [1.807, 2.05) is 44.2 Å². The van der Waals surface area contributed by atoms with E-state index in [4.69, 9.17) is 9.47 Å². The molecule has 168 valence electrons. The van der Waals surface area contributed by atoms with Crippen LogP contribution in [0.3, 0.4) is 0 Å². The summed E-state index contributed by atoms with van der Waals surface area (Å²) in [6.07, 6.45) is 0. The van der Waals surface area contributed by atoms with Gasteiger partial charge in [-0.15, -0.1) is 0 Å². The van der Waals surface area contributed by atoms with Gasteiger partial charge in [0.2, 0.25) is 0 Å². The molecule has 0 aliphatic rings. The topological polar surface area (TPSA) is 59.6 Å². The lowest BCUT2D eigenvalue weighted by Gasteiger charge is -2.15. The molecule has 3 rings (SSSR count). The summed E-state index contributed by atoms with van der Waals surface area (Å²) < 4.78 is 25.3. The molecule has 0 aliphatic carbocycles. The summed E-state index contributed by atoms with van der Waals surface area (Å²) in [7, 11) is 0. The highest BCUT2D eigenvalue weighted by Gasteiger charge is 2.13. The van der Waals surface area contributed by atoms with E-state index in [1.54, 1.807) is 18.2 Å². The molecule has 0 bridgehead atoms. The van der Waals surface area contributed by atoms with Crippen LogP contribution in [0.15, 0.2) is 65.1 Å². The standard InChI is InChI=1S/C25H26BrFN2O3/c1-3-31-23-12-19(15-28-14-18-6-8-20(27)9-7-18)22(26)13-24(23)32-16-25(30)29-21-10-4-17(2)5-11-21/h4-13,28H,3,14-16H2,1-2H3,(H,29,30). The van der Waals surface area contributed by atoms with Gasteiger partial charge in [-0.25, -0.2) is 4.39 Å². The number of nitrogens with one attached hydrogen (secondary N) is 2. The highest BCUT2D eigenvalue weighted by atomic mass is 79.9. The average molecular weight is 501 g/mol. The third kappa shape index (κ3) is 7.07. The van der Waals surface area contributed by atoms with E-state index in [-0.39, 0.29) is 18.3 Å². The van der Waals surface area contributed by atoms with Crippen molar-refractivity contribution in [2.45, 2.75) is 26.9 Å². The first-order valence-corrected chi connectivity index (χ1v) is 11.1. The van der Waals surface area contributed by atoms with Crippen LogP contribution in [0.2, 0.25) is 0 Å². The maximum absolute atomic E-state index is 13.0. The fourth-order valence-corrected chi connectivity index (χ4v) is 3.48. The van der Waals surface area contributed by atoms with E-state index >= 15 is 0 Å². The fraction of sp³-hybridized carbons (Fsp3) is 0.240. The van der Waals surface area contributed by atoms with E-state index in [9.17, 15) is 9.18 Å². The SMILES string of the molecule is CCOc1cc(CNCc2ccc(F)cc2)c(Br)cc1OCC(=O)Nc1ccc(C)cc1. The number of rotatable bonds is 10. The van der Waals surface area contributed by atoms with Crippen molar-refractivity contribution in [1.82, 2.24) is 5.32 Å². The van der Waals surface area contributed by atoms with Gasteiger partial charge in [0, 0.05) is 23.2 Å². The van der Waals surface area contributed by atoms with Gasteiger partial charge in [0.25, 0.3) is 5.91 Å². The van der Waals surface area contributed by atoms with Crippen molar-refractivity contribution in [1.29, 1.82) is 0 Å². The Morgan fingerprint density at radius 2 is 1.66 bits per heavy atom. The zero-order valence-corrected chi connectivity index (χ0v) is 19.7. The van der Waals surface area contributed by atoms with Crippen molar-refractivity contribution in [2.24, 2.45) is 0 Å². The number of anilines is 1. The first kappa shape index (κ1) is 23.8. The molecule has 0 atom stereocenters. The molecule has 2 N–H and O–H groups in total. The van der Waals surface area contributed by atoms with E-state index in [0.717, 1.165) is 26.9 Å². The number of hydrogen-bond acceptors (Lipinski definition) is 4. The molecule has 0 spiro atoms. The van der Waals surface area contributed by atoms with Gasteiger partial charge in [0.15, 0.2) is 18.1 Å². The predicted molar refractivity (Wildman–Crippen MR) is 128 cm³/mol. The number of halogens is 2. The summed E-state index contributed by atoms with van der Waals surface area (Å²) >= 11 is 3.57. The minimum absolute atomic E-state index is 0.136. The molecule has 0 aliphatic heterocycles. The Kier molecular flexibility index (Phi) is 8.64. The van der Waals surface area contributed by atoms with Crippen LogP contribution in [0.5, 0.6) is 11.5 Å². The number of benzene rings is 3. The van der Waals surface area contributed by atoms with E-state index in [1.165, 1.54) is 12.1 Å². The summed E-state index contributed by atoms with van der Waals surface area (Å²) in [5, 5.41) is 6.15. The number of aryl methyl sites for hydroxylation is 1. The Morgan fingerprint density at radius 3 is 2.34 bits per heavy atom. The van der Waals surface area contributed by atoms with E-state index in [2.05, 4.69) is 26.6 Å². The Labute approximate surface area is 196 Å². The molecular formula is C25H26BrFN2O3. The van der Waals surface area contributed by atoms with Crippen LogP contribution in [0.25, 0.3) is 0 Å². The number of carbonyl (C=O) groups is 1. The lowest BCUT2D eigenvalue weighted by molar-refractivity contribution is -0.118. The minimum atomic E-state index is -0.252. The molecule has 0 saturated carbocycles. The van der Waals surface area contributed by atoms with Crippen molar-refractivity contribution >= 4 is 27.5 Å². The lowest BCUT2D eigenvalue weighted by atomic mass is 10.2. The fourth-order valence-electron chi connectivity index (χ4n) is 3.01. The second-order valence-electron chi connectivity index (χ2n) is 7.26. The summed E-state index contributed by atoms with van der Waals surface area (Å²) in [6.45, 7) is 5.39. The molecule has 0 unspecified atom stereocenters. The molecular weight excluding hydrogens is 475 g/mol. The van der Waals surface area contributed by atoms with Crippen molar-refractivity contribution in [3.05, 3.63) is 87.6 Å². The minimum Gasteiger partial charge on any atom is -0.490 e. The van der Waals surface area contributed by atoms with Crippen LogP contribution in [0, 0.1) is 12.7 Å². The van der Waals surface area contributed by atoms with Gasteiger partial charge >= 0.3 is 0 Å². The van der Waals surface area contributed by atoms with Crippen molar-refractivity contribution in [3.8, 4) is 11.5 Å². The highest BCUT2D eigenvalue weighted by Crippen LogP contribution is 2.34. The number of carbonyl (C=O) groups excluding carboxylic acids is 1. The van der Waals surface area contributed by atoms with Gasteiger partial charge in [-0.1, -0.05) is 45.8 Å². The summed E-state index contributed by atoms with van der Waals surface area (Å²) in [6, 6.07) is 17.7. The predicted octanol–water partition coefficient (Wildman–Crippen LogP) is 5.60. The molecule has 0 heterocycles. The van der Waals surface area contributed by atoms with Gasteiger partial charge in [-0.3, -0.25) is 4.79 Å². The molecule has 1 amide bonds. The van der Waals surface area contributed by atoms with Crippen molar-refractivity contribution in [2.75, 3.05) is 18.5 Å². The quantitative estimate of drug-likeness (QED) is 0.380. The van der Waals surface area contributed by atoms with Crippen LogP contribution in [0.1, 0.15) is 23.6 Å². The molecule has 32 heavy (non-hydrogen) atoms.